The largest absolute Gasteiger partial charge is 0.611 e. The zero-order valence-corrected chi connectivity index (χ0v) is 19.1. The van der Waals surface area contributed by atoms with E-state index in [1.807, 2.05) is 22.8 Å². The fourth-order valence-electron chi connectivity index (χ4n) is 4.86. The van der Waals surface area contributed by atoms with Crippen LogP contribution >= 0.6 is 0 Å². The normalized spacial score (nSPS) is 21.1. The molecule has 2 bridgehead atoms. The van der Waals surface area contributed by atoms with Crippen molar-refractivity contribution < 1.29 is 23.2 Å². The monoisotopic (exact) mass is 482 g/mol. The standard InChI is InChI=1S/C24H20F2N4O3S/c1-24(2,31)22-27-10-13(11-28-22)12-6-7-14-15(8-12)30-16-9-19(21(30)29-14)34(32)18-5-3-4-17(20(16)18)33-23(25)26/h3-8,10-11,16,19,23,31H,9H2,1-2H3/t16-,19+,34+/m0/s1. The van der Waals surface area contributed by atoms with Crippen LogP contribution in [0.3, 0.4) is 0 Å². The van der Waals surface area contributed by atoms with Crippen molar-refractivity contribution in [1.29, 1.82) is 0 Å². The van der Waals surface area contributed by atoms with E-state index >= 15 is 0 Å². The van der Waals surface area contributed by atoms with Crippen LogP contribution in [0.2, 0.25) is 0 Å². The molecule has 0 spiro atoms. The van der Waals surface area contributed by atoms with Gasteiger partial charge in [-0.25, -0.2) is 15.0 Å². The maximum Gasteiger partial charge on any atom is 0.387 e. The molecule has 2 aliphatic rings. The topological polar surface area (TPSA) is 96.1 Å². The molecule has 0 fully saturated rings. The van der Waals surface area contributed by atoms with Crippen molar-refractivity contribution in [3.63, 3.8) is 0 Å². The number of hydrogen-bond acceptors (Lipinski definition) is 6. The number of halogens is 2. The molecule has 0 unspecified atom stereocenters. The number of hydrogen-bond donors (Lipinski definition) is 1. The number of ether oxygens (including phenoxy) is 1. The van der Waals surface area contributed by atoms with Crippen LogP contribution in [-0.2, 0) is 16.8 Å². The highest BCUT2D eigenvalue weighted by molar-refractivity contribution is 7.91. The predicted molar refractivity (Wildman–Crippen MR) is 121 cm³/mol. The third-order valence-corrected chi connectivity index (χ3v) is 8.05. The molecule has 174 valence electrons. The van der Waals surface area contributed by atoms with Gasteiger partial charge >= 0.3 is 6.61 Å². The third-order valence-electron chi connectivity index (χ3n) is 6.34. The minimum Gasteiger partial charge on any atom is -0.611 e. The van der Waals surface area contributed by atoms with Gasteiger partial charge in [0.15, 0.2) is 21.8 Å². The molecule has 2 aliphatic heterocycles. The van der Waals surface area contributed by atoms with Crippen molar-refractivity contribution in [3.8, 4) is 16.9 Å². The lowest BCUT2D eigenvalue weighted by Crippen LogP contribution is -2.21. The second kappa shape index (κ2) is 7.46. The smallest absolute Gasteiger partial charge is 0.387 e. The lowest BCUT2D eigenvalue weighted by Gasteiger charge is -2.27. The Morgan fingerprint density at radius 3 is 2.65 bits per heavy atom. The van der Waals surface area contributed by atoms with Crippen LogP contribution in [0.1, 0.15) is 48.8 Å². The summed E-state index contributed by atoms with van der Waals surface area (Å²) in [4.78, 5) is 13.9. The van der Waals surface area contributed by atoms with Gasteiger partial charge in [0.1, 0.15) is 11.4 Å². The molecule has 0 amide bonds. The Kier molecular flexibility index (Phi) is 4.71. The van der Waals surface area contributed by atoms with E-state index in [1.54, 1.807) is 38.4 Å². The molecule has 6 rings (SSSR count). The summed E-state index contributed by atoms with van der Waals surface area (Å²) in [5.41, 5.74) is 2.53. The summed E-state index contributed by atoms with van der Waals surface area (Å²) in [6.07, 6.45) is 3.81. The zero-order valence-electron chi connectivity index (χ0n) is 18.3. The molecule has 7 nitrogen and oxygen atoms in total. The molecule has 2 aromatic heterocycles. The van der Waals surface area contributed by atoms with Gasteiger partial charge in [-0.3, -0.25) is 0 Å². The molecule has 3 atom stereocenters. The van der Waals surface area contributed by atoms with E-state index in [9.17, 15) is 18.4 Å². The van der Waals surface area contributed by atoms with Crippen LogP contribution in [0, 0.1) is 0 Å². The predicted octanol–water partition coefficient (Wildman–Crippen LogP) is 4.48. The molecule has 4 heterocycles. The SMILES string of the molecule is CC(C)(O)c1ncc(-c2ccc3nc4n(c3c2)[C@H]2C[C@H]4[S@+]([O-])c3cccc(OC(F)F)c32)cn1. The molecule has 0 radical (unpaired) electrons. The highest BCUT2D eigenvalue weighted by atomic mass is 32.2. The number of nitrogens with zero attached hydrogens (tertiary/aromatic N) is 4. The van der Waals surface area contributed by atoms with Crippen LogP contribution in [-0.4, -0.2) is 35.8 Å². The number of fused-ring (bicyclic) bond motifs is 9. The highest BCUT2D eigenvalue weighted by Gasteiger charge is 2.50. The molecular formula is C24H20F2N4O3S. The van der Waals surface area contributed by atoms with Gasteiger partial charge in [0, 0.05) is 24.4 Å². The van der Waals surface area contributed by atoms with Gasteiger partial charge < -0.3 is 19.0 Å². The highest BCUT2D eigenvalue weighted by Crippen LogP contribution is 2.55. The fraction of sp³-hybridized carbons (Fsp3) is 0.292. The van der Waals surface area contributed by atoms with E-state index in [0.717, 1.165) is 22.2 Å². The minimum atomic E-state index is -2.98. The Hall–Kier alpha value is -3.08. The molecule has 0 saturated carbocycles. The van der Waals surface area contributed by atoms with Gasteiger partial charge in [-0.1, -0.05) is 12.1 Å². The van der Waals surface area contributed by atoms with Gasteiger partial charge in [-0.05, 0) is 54.9 Å². The van der Waals surface area contributed by atoms with Crippen LogP contribution in [0.4, 0.5) is 8.78 Å². The molecule has 1 N–H and O–H groups in total. The number of benzene rings is 2. The van der Waals surface area contributed by atoms with Gasteiger partial charge in [0.2, 0.25) is 0 Å². The Bertz CT molecular complexity index is 1420. The van der Waals surface area contributed by atoms with E-state index in [2.05, 4.69) is 9.97 Å². The maximum absolute atomic E-state index is 13.3. The Labute approximate surface area is 196 Å². The van der Waals surface area contributed by atoms with Gasteiger partial charge in [0.05, 0.1) is 22.6 Å². The van der Waals surface area contributed by atoms with Crippen LogP contribution in [0.25, 0.3) is 22.2 Å². The van der Waals surface area contributed by atoms with Crippen molar-refractivity contribution >= 4 is 22.2 Å². The van der Waals surface area contributed by atoms with Crippen LogP contribution in [0.5, 0.6) is 5.75 Å². The number of imidazole rings is 1. The van der Waals surface area contributed by atoms with E-state index < -0.39 is 23.4 Å². The van der Waals surface area contributed by atoms with Crippen LogP contribution in [0.15, 0.2) is 53.7 Å². The fourth-order valence-corrected chi connectivity index (χ4v) is 6.55. The van der Waals surface area contributed by atoms with Gasteiger partial charge in [0.25, 0.3) is 0 Å². The molecule has 10 heteroatoms. The van der Waals surface area contributed by atoms with E-state index in [1.165, 1.54) is 6.07 Å². The summed E-state index contributed by atoms with van der Waals surface area (Å²) in [7, 11) is 0. The minimum absolute atomic E-state index is 0.0470. The average molecular weight is 483 g/mol. The summed E-state index contributed by atoms with van der Waals surface area (Å²) in [5.74, 6) is 1.05. The van der Waals surface area contributed by atoms with Crippen molar-refractivity contribution in [1.82, 2.24) is 19.5 Å². The summed E-state index contributed by atoms with van der Waals surface area (Å²) in [5, 5.41) is 9.80. The van der Waals surface area contributed by atoms with Crippen molar-refractivity contribution in [3.05, 3.63) is 66.0 Å². The van der Waals surface area contributed by atoms with E-state index in [4.69, 9.17) is 9.72 Å². The summed E-state index contributed by atoms with van der Waals surface area (Å²) >= 11 is -1.43. The summed E-state index contributed by atoms with van der Waals surface area (Å²) in [6.45, 7) is 0.266. The van der Waals surface area contributed by atoms with Gasteiger partial charge in [-0.2, -0.15) is 8.78 Å². The summed E-state index contributed by atoms with van der Waals surface area (Å²) in [6, 6.07) is 10.2. The quantitative estimate of drug-likeness (QED) is 0.431. The number of alkyl halides is 2. The first-order chi connectivity index (χ1) is 16.2. The lowest BCUT2D eigenvalue weighted by molar-refractivity contribution is -0.0509. The second-order valence-electron chi connectivity index (χ2n) is 8.98. The van der Waals surface area contributed by atoms with Crippen LogP contribution < -0.4 is 4.74 Å². The maximum atomic E-state index is 13.3. The Morgan fingerprint density at radius 1 is 1.18 bits per heavy atom. The van der Waals surface area contributed by atoms with E-state index in [-0.39, 0.29) is 17.0 Å². The molecular weight excluding hydrogens is 462 g/mol. The van der Waals surface area contributed by atoms with E-state index in [0.29, 0.717) is 28.5 Å². The molecule has 2 aromatic carbocycles. The van der Waals surface area contributed by atoms with Crippen molar-refractivity contribution in [2.24, 2.45) is 0 Å². The molecule has 4 aromatic rings. The molecule has 0 saturated heterocycles. The van der Waals surface area contributed by atoms with Gasteiger partial charge in [-0.15, -0.1) is 0 Å². The Balaban J connectivity index is 1.49. The average Bonchev–Trinajstić information content (AvgIpc) is 3.32. The number of aromatic nitrogens is 4. The zero-order chi connectivity index (χ0) is 23.8. The first kappa shape index (κ1) is 21.5. The first-order valence-electron chi connectivity index (χ1n) is 10.8. The van der Waals surface area contributed by atoms with Crippen molar-refractivity contribution in [2.45, 2.75) is 48.7 Å². The lowest BCUT2D eigenvalue weighted by atomic mass is 10.0. The number of rotatable bonds is 4. The third kappa shape index (κ3) is 3.20. The first-order valence-corrected chi connectivity index (χ1v) is 12.0. The second-order valence-corrected chi connectivity index (χ2v) is 10.6. The summed E-state index contributed by atoms with van der Waals surface area (Å²) < 4.78 is 46.4. The number of aliphatic hydroxyl groups is 1. The van der Waals surface area contributed by atoms with Crippen molar-refractivity contribution in [2.75, 3.05) is 0 Å². The molecule has 0 aliphatic carbocycles. The Morgan fingerprint density at radius 2 is 1.94 bits per heavy atom. The molecule has 34 heavy (non-hydrogen) atoms.